The third kappa shape index (κ3) is 6.33. The maximum atomic E-state index is 5.88. The number of hydrogen-bond donors (Lipinski definition) is 1. The molecule has 0 aliphatic rings. The van der Waals surface area contributed by atoms with Crippen LogP contribution in [0.5, 0.6) is 17.2 Å². The fraction of sp³-hybridized carbons (Fsp3) is 0.217. The second-order valence-corrected chi connectivity index (χ2v) is 5.79. The van der Waals surface area contributed by atoms with Gasteiger partial charge in [0.2, 0.25) is 0 Å². The summed E-state index contributed by atoms with van der Waals surface area (Å²) in [4.78, 5) is 4.33. The van der Waals surface area contributed by atoms with Crippen LogP contribution >= 0.6 is 0 Å². The molecule has 0 saturated heterocycles. The van der Waals surface area contributed by atoms with Crippen molar-refractivity contribution in [1.82, 2.24) is 14.8 Å². The van der Waals surface area contributed by atoms with Crippen molar-refractivity contribution in [2.24, 2.45) is 12.8 Å². The van der Waals surface area contributed by atoms with Crippen LogP contribution in [0.4, 0.5) is 0 Å². The van der Waals surface area contributed by atoms with Crippen LogP contribution in [0, 0.1) is 0 Å². The molecule has 4 rings (SSSR count). The molecule has 0 saturated carbocycles. The molecule has 6 heteroatoms. The van der Waals surface area contributed by atoms with E-state index in [2.05, 4.69) is 10.1 Å². The van der Waals surface area contributed by atoms with Crippen LogP contribution in [0.3, 0.4) is 0 Å². The van der Waals surface area contributed by atoms with Crippen molar-refractivity contribution in [3.63, 3.8) is 0 Å². The van der Waals surface area contributed by atoms with Crippen molar-refractivity contribution in [3.05, 3.63) is 78.8 Å². The molecular formula is C23H28N4O2. The van der Waals surface area contributed by atoms with E-state index >= 15 is 0 Å². The Morgan fingerprint density at radius 2 is 1.72 bits per heavy atom. The zero-order chi connectivity index (χ0) is 21.1. The number of nitrogens with two attached hydrogens (primary N) is 1. The third-order valence-electron chi connectivity index (χ3n) is 3.86. The summed E-state index contributed by atoms with van der Waals surface area (Å²) in [6.07, 6.45) is 3.61. The molecule has 6 nitrogen and oxygen atoms in total. The van der Waals surface area contributed by atoms with Gasteiger partial charge in [0.05, 0.1) is 18.3 Å². The zero-order valence-corrected chi connectivity index (χ0v) is 17.4. The summed E-state index contributed by atoms with van der Waals surface area (Å²) < 4.78 is 12.8. The topological polar surface area (TPSA) is 75.2 Å². The number of aromatic nitrogens is 3. The average molecular weight is 393 g/mol. The van der Waals surface area contributed by atoms with Gasteiger partial charge in [-0.2, -0.15) is 5.10 Å². The number of rotatable bonds is 4. The summed E-state index contributed by atoms with van der Waals surface area (Å²) in [5.74, 6) is 2.39. The molecule has 2 aromatic heterocycles. The molecule has 0 aliphatic carbocycles. The van der Waals surface area contributed by atoms with E-state index in [0.29, 0.717) is 6.54 Å². The molecule has 0 unspecified atom stereocenters. The predicted octanol–water partition coefficient (Wildman–Crippen LogP) is 4.94. The highest BCUT2D eigenvalue weighted by Gasteiger charge is 2.05. The fourth-order valence-corrected chi connectivity index (χ4v) is 2.51. The molecule has 2 aromatic carbocycles. The van der Waals surface area contributed by atoms with Crippen LogP contribution in [0.1, 0.15) is 19.5 Å². The molecule has 0 bridgehead atoms. The lowest BCUT2D eigenvalue weighted by Crippen LogP contribution is -1.98. The van der Waals surface area contributed by atoms with Gasteiger partial charge in [0, 0.05) is 37.4 Å². The Labute approximate surface area is 171 Å². The lowest BCUT2D eigenvalue weighted by molar-refractivity contribution is 0.415. The van der Waals surface area contributed by atoms with E-state index in [9.17, 15) is 0 Å². The molecule has 2 N–H and O–H groups in total. The molecule has 152 valence electrons. The second-order valence-electron chi connectivity index (χ2n) is 5.79. The van der Waals surface area contributed by atoms with Gasteiger partial charge in [-0.25, -0.2) is 0 Å². The monoisotopic (exact) mass is 392 g/mol. The van der Waals surface area contributed by atoms with Gasteiger partial charge in [0.15, 0.2) is 0 Å². The quantitative estimate of drug-likeness (QED) is 0.532. The van der Waals surface area contributed by atoms with Crippen LogP contribution < -0.4 is 15.2 Å². The van der Waals surface area contributed by atoms with E-state index in [-0.39, 0.29) is 0 Å². The van der Waals surface area contributed by atoms with Gasteiger partial charge in [0.1, 0.15) is 17.2 Å². The summed E-state index contributed by atoms with van der Waals surface area (Å²) in [5, 5.41) is 4.99. The number of para-hydroxylation sites is 1. The van der Waals surface area contributed by atoms with E-state index < -0.39 is 0 Å². The zero-order valence-electron chi connectivity index (χ0n) is 17.4. The first-order valence-corrected chi connectivity index (χ1v) is 9.54. The first-order chi connectivity index (χ1) is 14.2. The minimum absolute atomic E-state index is 0.529. The first-order valence-electron chi connectivity index (χ1n) is 9.54. The molecule has 0 fully saturated rings. The SMILES string of the molecule is CC.COc1ccc2c(Oc3ccccc3)ccnc2c1.Cn1ccc(CN)n1. The molecule has 4 aromatic rings. The molecule has 29 heavy (non-hydrogen) atoms. The van der Waals surface area contributed by atoms with Gasteiger partial charge in [-0.1, -0.05) is 32.0 Å². The van der Waals surface area contributed by atoms with Crippen LogP contribution in [-0.4, -0.2) is 21.9 Å². The Morgan fingerprint density at radius 1 is 0.966 bits per heavy atom. The van der Waals surface area contributed by atoms with Gasteiger partial charge in [-0.3, -0.25) is 9.67 Å². The minimum Gasteiger partial charge on any atom is -0.497 e. The van der Waals surface area contributed by atoms with Gasteiger partial charge < -0.3 is 15.2 Å². The second kappa shape index (κ2) is 11.5. The molecule has 0 amide bonds. The maximum Gasteiger partial charge on any atom is 0.138 e. The fourth-order valence-electron chi connectivity index (χ4n) is 2.51. The summed E-state index contributed by atoms with van der Waals surface area (Å²) in [6.45, 7) is 4.53. The van der Waals surface area contributed by atoms with Crippen LogP contribution in [-0.2, 0) is 13.6 Å². The van der Waals surface area contributed by atoms with Crippen molar-refractivity contribution >= 4 is 10.9 Å². The number of aryl methyl sites for hydroxylation is 1. The summed E-state index contributed by atoms with van der Waals surface area (Å²) in [7, 11) is 3.52. The number of pyridine rings is 1. The van der Waals surface area contributed by atoms with Gasteiger partial charge >= 0.3 is 0 Å². The minimum atomic E-state index is 0.529. The number of benzene rings is 2. The third-order valence-corrected chi connectivity index (χ3v) is 3.86. The molecule has 2 heterocycles. The number of hydrogen-bond acceptors (Lipinski definition) is 5. The lowest BCUT2D eigenvalue weighted by Gasteiger charge is -2.09. The summed E-state index contributed by atoms with van der Waals surface area (Å²) >= 11 is 0. The van der Waals surface area contributed by atoms with E-state index in [1.165, 1.54) is 0 Å². The smallest absolute Gasteiger partial charge is 0.138 e. The first kappa shape index (κ1) is 21.9. The highest BCUT2D eigenvalue weighted by Crippen LogP contribution is 2.30. The van der Waals surface area contributed by atoms with Crippen LogP contribution in [0.2, 0.25) is 0 Å². The van der Waals surface area contributed by atoms with Crippen molar-refractivity contribution in [1.29, 1.82) is 0 Å². The highest BCUT2D eigenvalue weighted by molar-refractivity contribution is 5.86. The number of fused-ring (bicyclic) bond motifs is 1. The van der Waals surface area contributed by atoms with Gasteiger partial charge in [-0.15, -0.1) is 0 Å². The van der Waals surface area contributed by atoms with Crippen molar-refractivity contribution in [2.75, 3.05) is 7.11 Å². The maximum absolute atomic E-state index is 5.88. The van der Waals surface area contributed by atoms with Crippen LogP contribution in [0.15, 0.2) is 73.1 Å². The van der Waals surface area contributed by atoms with Crippen molar-refractivity contribution in [2.45, 2.75) is 20.4 Å². The Bertz CT molecular complexity index is 1000. The average Bonchev–Trinajstić information content (AvgIpc) is 3.21. The Hall–Kier alpha value is -3.38. The van der Waals surface area contributed by atoms with Gasteiger partial charge in [0.25, 0.3) is 0 Å². The predicted molar refractivity (Wildman–Crippen MR) is 117 cm³/mol. The van der Waals surface area contributed by atoms with Gasteiger partial charge in [-0.05, 0) is 36.4 Å². The number of ether oxygens (including phenoxy) is 2. The van der Waals surface area contributed by atoms with E-state index in [1.807, 2.05) is 87.8 Å². The van der Waals surface area contributed by atoms with Crippen molar-refractivity contribution in [3.8, 4) is 17.2 Å². The number of methoxy groups -OCH3 is 1. The highest BCUT2D eigenvalue weighted by atomic mass is 16.5. The lowest BCUT2D eigenvalue weighted by atomic mass is 10.2. The normalized spacial score (nSPS) is 9.69. The molecule has 0 atom stereocenters. The molecule has 0 radical (unpaired) electrons. The largest absolute Gasteiger partial charge is 0.497 e. The Kier molecular flexibility index (Phi) is 8.66. The number of nitrogens with zero attached hydrogens (tertiary/aromatic N) is 3. The standard InChI is InChI=1S/C16H13NO2.C5H9N3.C2H6/c1-18-13-7-8-14-15(11-13)17-10-9-16(14)19-12-5-3-2-4-6-12;1-8-3-2-5(4-6)7-8;1-2/h2-11H,1H3;2-3H,4,6H2,1H3;1-2H3. The van der Waals surface area contributed by atoms with E-state index in [1.54, 1.807) is 18.0 Å². The molecular weight excluding hydrogens is 364 g/mol. The van der Waals surface area contributed by atoms with E-state index in [4.69, 9.17) is 15.2 Å². The van der Waals surface area contributed by atoms with Crippen LogP contribution in [0.25, 0.3) is 10.9 Å². The summed E-state index contributed by atoms with van der Waals surface area (Å²) in [6, 6.07) is 19.2. The van der Waals surface area contributed by atoms with E-state index in [0.717, 1.165) is 33.8 Å². The Balaban J connectivity index is 0.000000252. The molecule has 0 spiro atoms. The van der Waals surface area contributed by atoms with Crippen molar-refractivity contribution < 1.29 is 9.47 Å². The Morgan fingerprint density at radius 3 is 2.31 bits per heavy atom. The molecule has 0 aliphatic heterocycles. The summed E-state index contributed by atoms with van der Waals surface area (Å²) in [5.41, 5.74) is 7.08.